The van der Waals surface area contributed by atoms with Gasteiger partial charge in [0.1, 0.15) is 0 Å². The Balaban J connectivity index is 1.76. The van der Waals surface area contributed by atoms with Crippen LogP contribution < -0.4 is 0 Å². The third kappa shape index (κ3) is 3.83. The third-order valence-corrected chi connectivity index (χ3v) is 3.76. The largest absolute Gasteiger partial charge is 0.339 e. The predicted molar refractivity (Wildman–Crippen MR) is 78.2 cm³/mol. The molecule has 20 heavy (non-hydrogen) atoms. The number of carbonyl (C=O) groups excluding carboxylic acids is 2. The summed E-state index contributed by atoms with van der Waals surface area (Å²) in [7, 11) is 0. The Hall–Kier alpha value is -1.84. The van der Waals surface area contributed by atoms with E-state index in [2.05, 4.69) is 0 Å². The number of hydrogen-bond acceptors (Lipinski definition) is 2. The maximum Gasteiger partial charge on any atom is 0.223 e. The first-order chi connectivity index (χ1) is 9.70. The standard InChI is InChI=1S/C16H22N2O2/c1-2-15(19)17-10-12-18(13-11-17)16(20)9-8-14-6-4-3-5-7-14/h3-7H,2,8-13H2,1H3. The van der Waals surface area contributed by atoms with Crippen LogP contribution in [0.1, 0.15) is 25.3 Å². The lowest BCUT2D eigenvalue weighted by molar-refractivity contribution is -0.139. The van der Waals surface area contributed by atoms with Crippen molar-refractivity contribution in [3.8, 4) is 0 Å². The number of amides is 2. The van der Waals surface area contributed by atoms with Gasteiger partial charge in [-0.1, -0.05) is 37.3 Å². The minimum absolute atomic E-state index is 0.182. The summed E-state index contributed by atoms with van der Waals surface area (Å²) in [5, 5.41) is 0. The quantitative estimate of drug-likeness (QED) is 0.838. The smallest absolute Gasteiger partial charge is 0.223 e. The predicted octanol–water partition coefficient (Wildman–Crippen LogP) is 1.70. The first-order valence-electron chi connectivity index (χ1n) is 7.30. The lowest BCUT2D eigenvalue weighted by atomic mass is 10.1. The van der Waals surface area contributed by atoms with Gasteiger partial charge in [-0.25, -0.2) is 0 Å². The topological polar surface area (TPSA) is 40.6 Å². The van der Waals surface area contributed by atoms with Gasteiger partial charge in [-0.3, -0.25) is 9.59 Å². The van der Waals surface area contributed by atoms with Crippen molar-refractivity contribution in [2.45, 2.75) is 26.2 Å². The molecule has 0 radical (unpaired) electrons. The molecular formula is C16H22N2O2. The number of aryl methyl sites for hydroxylation is 1. The van der Waals surface area contributed by atoms with Crippen molar-refractivity contribution in [1.29, 1.82) is 0 Å². The molecule has 4 heteroatoms. The highest BCUT2D eigenvalue weighted by atomic mass is 16.2. The molecule has 1 aromatic rings. The average Bonchev–Trinajstić information content (AvgIpc) is 2.53. The number of hydrogen-bond donors (Lipinski definition) is 0. The van der Waals surface area contributed by atoms with Crippen LogP contribution in [0, 0.1) is 0 Å². The summed E-state index contributed by atoms with van der Waals surface area (Å²) < 4.78 is 0. The van der Waals surface area contributed by atoms with Gasteiger partial charge < -0.3 is 9.80 Å². The second kappa shape index (κ2) is 7.08. The van der Waals surface area contributed by atoms with Crippen LogP contribution in [-0.4, -0.2) is 47.8 Å². The Morgan fingerprint density at radius 3 is 2.05 bits per heavy atom. The minimum Gasteiger partial charge on any atom is -0.339 e. The Morgan fingerprint density at radius 2 is 1.50 bits per heavy atom. The molecule has 1 aliphatic rings. The van der Waals surface area contributed by atoms with Gasteiger partial charge in [-0.15, -0.1) is 0 Å². The highest BCUT2D eigenvalue weighted by Crippen LogP contribution is 2.08. The molecule has 0 saturated carbocycles. The molecule has 1 heterocycles. The summed E-state index contributed by atoms with van der Waals surface area (Å²) >= 11 is 0. The van der Waals surface area contributed by atoms with Crippen molar-refractivity contribution < 1.29 is 9.59 Å². The first kappa shape index (κ1) is 14.6. The maximum absolute atomic E-state index is 12.1. The van der Waals surface area contributed by atoms with Gasteiger partial charge in [0.05, 0.1) is 0 Å². The van der Waals surface area contributed by atoms with E-state index in [-0.39, 0.29) is 11.8 Å². The van der Waals surface area contributed by atoms with Crippen molar-refractivity contribution in [1.82, 2.24) is 9.80 Å². The van der Waals surface area contributed by atoms with Crippen LogP contribution in [0.4, 0.5) is 0 Å². The zero-order chi connectivity index (χ0) is 14.4. The van der Waals surface area contributed by atoms with Gasteiger partial charge in [0.25, 0.3) is 0 Å². The molecule has 1 saturated heterocycles. The van der Waals surface area contributed by atoms with Crippen LogP contribution in [-0.2, 0) is 16.0 Å². The van der Waals surface area contributed by atoms with Crippen LogP contribution in [0.5, 0.6) is 0 Å². The second-order valence-corrected chi connectivity index (χ2v) is 5.10. The Labute approximate surface area is 120 Å². The van der Waals surface area contributed by atoms with Crippen molar-refractivity contribution in [3.05, 3.63) is 35.9 Å². The summed E-state index contributed by atoms with van der Waals surface area (Å²) in [6.07, 6.45) is 1.88. The van der Waals surface area contributed by atoms with Gasteiger partial charge in [-0.05, 0) is 12.0 Å². The number of nitrogens with zero attached hydrogens (tertiary/aromatic N) is 2. The van der Waals surface area contributed by atoms with Crippen molar-refractivity contribution >= 4 is 11.8 Å². The molecule has 2 amide bonds. The van der Waals surface area contributed by atoms with E-state index < -0.39 is 0 Å². The zero-order valence-electron chi connectivity index (χ0n) is 12.0. The van der Waals surface area contributed by atoms with E-state index >= 15 is 0 Å². The molecular weight excluding hydrogens is 252 g/mol. The van der Waals surface area contributed by atoms with Crippen LogP contribution in [0.15, 0.2) is 30.3 Å². The minimum atomic E-state index is 0.182. The van der Waals surface area contributed by atoms with Crippen LogP contribution >= 0.6 is 0 Å². The van der Waals surface area contributed by atoms with Crippen LogP contribution in [0.25, 0.3) is 0 Å². The third-order valence-electron chi connectivity index (χ3n) is 3.76. The molecule has 0 aliphatic carbocycles. The average molecular weight is 274 g/mol. The van der Waals surface area contributed by atoms with E-state index in [9.17, 15) is 9.59 Å². The normalized spacial score (nSPS) is 15.2. The SMILES string of the molecule is CCC(=O)N1CCN(C(=O)CCc2ccccc2)CC1. The Morgan fingerprint density at radius 1 is 0.950 bits per heavy atom. The molecule has 4 nitrogen and oxygen atoms in total. The van der Waals surface area contributed by atoms with Gasteiger partial charge in [-0.2, -0.15) is 0 Å². The Kier molecular flexibility index (Phi) is 5.16. The molecule has 1 fully saturated rings. The lowest BCUT2D eigenvalue weighted by Crippen LogP contribution is -2.50. The summed E-state index contributed by atoms with van der Waals surface area (Å²) in [5.41, 5.74) is 1.20. The highest BCUT2D eigenvalue weighted by Gasteiger charge is 2.22. The summed E-state index contributed by atoms with van der Waals surface area (Å²) in [4.78, 5) is 27.4. The van der Waals surface area contributed by atoms with Gasteiger partial charge in [0, 0.05) is 39.0 Å². The van der Waals surface area contributed by atoms with Crippen LogP contribution in [0.2, 0.25) is 0 Å². The molecule has 0 N–H and O–H groups in total. The van der Waals surface area contributed by atoms with E-state index in [1.165, 1.54) is 5.56 Å². The molecule has 2 rings (SSSR count). The van der Waals surface area contributed by atoms with Crippen molar-refractivity contribution in [2.75, 3.05) is 26.2 Å². The fourth-order valence-corrected chi connectivity index (χ4v) is 2.48. The molecule has 0 bridgehead atoms. The molecule has 1 aromatic carbocycles. The lowest BCUT2D eigenvalue weighted by Gasteiger charge is -2.34. The summed E-state index contributed by atoms with van der Waals surface area (Å²) in [5.74, 6) is 0.374. The molecule has 0 spiro atoms. The molecule has 1 aliphatic heterocycles. The van der Waals surface area contributed by atoms with E-state index in [1.807, 2.05) is 47.1 Å². The van der Waals surface area contributed by atoms with Gasteiger partial charge in [0.2, 0.25) is 11.8 Å². The number of piperazine rings is 1. The Bertz CT molecular complexity index is 451. The van der Waals surface area contributed by atoms with Gasteiger partial charge >= 0.3 is 0 Å². The van der Waals surface area contributed by atoms with Crippen molar-refractivity contribution in [2.24, 2.45) is 0 Å². The molecule has 0 atom stereocenters. The van der Waals surface area contributed by atoms with Gasteiger partial charge in [0.15, 0.2) is 0 Å². The fraction of sp³-hybridized carbons (Fsp3) is 0.500. The highest BCUT2D eigenvalue weighted by molar-refractivity contribution is 5.78. The van der Waals surface area contributed by atoms with Crippen molar-refractivity contribution in [3.63, 3.8) is 0 Å². The zero-order valence-corrected chi connectivity index (χ0v) is 12.0. The number of benzene rings is 1. The second-order valence-electron chi connectivity index (χ2n) is 5.10. The first-order valence-corrected chi connectivity index (χ1v) is 7.30. The van der Waals surface area contributed by atoms with E-state index in [4.69, 9.17) is 0 Å². The molecule has 108 valence electrons. The summed E-state index contributed by atoms with van der Waals surface area (Å²) in [6.45, 7) is 4.55. The van der Waals surface area contributed by atoms with Crippen LogP contribution in [0.3, 0.4) is 0 Å². The number of carbonyl (C=O) groups is 2. The van der Waals surface area contributed by atoms with E-state index in [1.54, 1.807) is 0 Å². The van der Waals surface area contributed by atoms with E-state index in [0.29, 0.717) is 39.0 Å². The maximum atomic E-state index is 12.1. The summed E-state index contributed by atoms with van der Waals surface area (Å²) in [6, 6.07) is 10.1. The monoisotopic (exact) mass is 274 g/mol. The van der Waals surface area contributed by atoms with E-state index in [0.717, 1.165) is 6.42 Å². The molecule has 0 unspecified atom stereocenters. The molecule has 0 aromatic heterocycles. The fourth-order valence-electron chi connectivity index (χ4n) is 2.48. The number of rotatable bonds is 4.